The van der Waals surface area contributed by atoms with E-state index < -0.39 is 0 Å². The van der Waals surface area contributed by atoms with E-state index in [2.05, 4.69) is 31.3 Å². The van der Waals surface area contributed by atoms with Crippen LogP contribution >= 0.6 is 0 Å². The zero-order valence-electron chi connectivity index (χ0n) is 9.46. The lowest BCUT2D eigenvalue weighted by Gasteiger charge is -2.32. The van der Waals surface area contributed by atoms with Gasteiger partial charge in [0.2, 0.25) is 0 Å². The quantitative estimate of drug-likeness (QED) is 0.744. The number of benzene rings is 1. The molecule has 1 heterocycles. The molecule has 0 bridgehead atoms. The van der Waals surface area contributed by atoms with Crippen molar-refractivity contribution in [3.63, 3.8) is 0 Å². The van der Waals surface area contributed by atoms with Crippen LogP contribution in [0.25, 0.3) is 0 Å². The third-order valence-corrected chi connectivity index (χ3v) is 2.91. The van der Waals surface area contributed by atoms with Crippen molar-refractivity contribution < 1.29 is 0 Å². The molecule has 1 saturated heterocycles. The summed E-state index contributed by atoms with van der Waals surface area (Å²) in [6.07, 6.45) is 1.06. The molecule has 1 N–H and O–H groups in total. The molecule has 0 spiro atoms. The van der Waals surface area contributed by atoms with E-state index >= 15 is 0 Å². The highest BCUT2D eigenvalue weighted by Crippen LogP contribution is 2.25. The molecule has 0 aliphatic carbocycles. The first-order valence-electron chi connectivity index (χ1n) is 5.52. The molecular formula is C13H18N2. The van der Waals surface area contributed by atoms with Crippen molar-refractivity contribution in [2.45, 2.75) is 20.3 Å². The van der Waals surface area contributed by atoms with Gasteiger partial charge in [-0.05, 0) is 18.6 Å². The lowest BCUT2D eigenvalue weighted by Crippen LogP contribution is -2.43. The molecule has 0 aromatic heterocycles. The molecule has 1 aromatic carbocycles. The summed E-state index contributed by atoms with van der Waals surface area (Å²) in [5.41, 5.74) is 2.57. The first-order valence-corrected chi connectivity index (χ1v) is 5.52. The van der Waals surface area contributed by atoms with Crippen molar-refractivity contribution in [2.24, 2.45) is 10.4 Å². The Labute approximate surface area is 91.4 Å². The van der Waals surface area contributed by atoms with E-state index in [-0.39, 0.29) is 5.41 Å². The van der Waals surface area contributed by atoms with Crippen LogP contribution in [0, 0.1) is 5.41 Å². The van der Waals surface area contributed by atoms with Gasteiger partial charge >= 0.3 is 0 Å². The number of hydrogen-bond donors (Lipinski definition) is 1. The number of piperidine rings is 1. The van der Waals surface area contributed by atoms with Gasteiger partial charge in [0, 0.05) is 24.2 Å². The zero-order valence-corrected chi connectivity index (χ0v) is 9.46. The number of nitrogens with one attached hydrogen (secondary N) is 1. The number of hydrogen-bond acceptors (Lipinski definition) is 2. The maximum atomic E-state index is 4.75. The molecule has 1 aromatic rings. The van der Waals surface area contributed by atoms with E-state index in [1.54, 1.807) is 0 Å². The minimum atomic E-state index is 0.189. The van der Waals surface area contributed by atoms with Gasteiger partial charge in [-0.3, -0.25) is 4.99 Å². The predicted octanol–water partition coefficient (Wildman–Crippen LogP) is 2.78. The second-order valence-electron chi connectivity index (χ2n) is 4.70. The maximum Gasteiger partial charge on any atom is 0.0629 e. The Kier molecular flexibility index (Phi) is 2.87. The summed E-state index contributed by atoms with van der Waals surface area (Å²) >= 11 is 0. The zero-order chi connectivity index (χ0) is 10.7. The van der Waals surface area contributed by atoms with Crippen LogP contribution < -0.4 is 5.32 Å². The lowest BCUT2D eigenvalue weighted by atomic mass is 9.83. The molecule has 15 heavy (non-hydrogen) atoms. The predicted molar refractivity (Wildman–Crippen MR) is 64.8 cm³/mol. The van der Waals surface area contributed by atoms with Crippen molar-refractivity contribution in [3.05, 3.63) is 30.3 Å². The Hall–Kier alpha value is -1.15. The second-order valence-corrected chi connectivity index (χ2v) is 4.70. The fraction of sp³-hybridized carbons (Fsp3) is 0.462. The summed E-state index contributed by atoms with van der Waals surface area (Å²) in [5, 5.41) is 3.41. The summed E-state index contributed by atoms with van der Waals surface area (Å²) in [7, 11) is 0. The molecule has 0 atom stereocenters. The summed E-state index contributed by atoms with van der Waals surface area (Å²) in [6.45, 7) is 6.58. The smallest absolute Gasteiger partial charge is 0.0629 e. The molecule has 80 valence electrons. The van der Waals surface area contributed by atoms with Gasteiger partial charge in [0.15, 0.2) is 0 Å². The molecule has 1 aliphatic heterocycles. The van der Waals surface area contributed by atoms with Gasteiger partial charge in [-0.2, -0.15) is 0 Å². The topological polar surface area (TPSA) is 24.4 Å². The third-order valence-electron chi connectivity index (χ3n) is 2.91. The summed E-state index contributed by atoms with van der Waals surface area (Å²) in [6, 6.07) is 10.2. The van der Waals surface area contributed by atoms with Gasteiger partial charge in [0.1, 0.15) is 0 Å². The van der Waals surface area contributed by atoms with Crippen LogP contribution in [-0.4, -0.2) is 18.8 Å². The van der Waals surface area contributed by atoms with Gasteiger partial charge in [0.25, 0.3) is 0 Å². The largest absolute Gasteiger partial charge is 0.315 e. The van der Waals surface area contributed by atoms with E-state index in [4.69, 9.17) is 4.99 Å². The lowest BCUT2D eigenvalue weighted by molar-refractivity contribution is 0.431. The summed E-state index contributed by atoms with van der Waals surface area (Å²) in [5.74, 6) is 0. The van der Waals surface area contributed by atoms with Crippen LogP contribution in [0.4, 0.5) is 5.69 Å². The molecule has 1 fully saturated rings. The maximum absolute atomic E-state index is 4.75. The van der Waals surface area contributed by atoms with E-state index in [1.807, 2.05) is 18.2 Å². The number of rotatable bonds is 1. The standard InChI is InChI=1S/C13H18N2/c1-13(2)10-14-9-8-12(13)15-11-6-4-3-5-7-11/h3-7,14H,8-10H2,1-2H3. The molecule has 0 radical (unpaired) electrons. The molecule has 0 amide bonds. The molecule has 2 heteroatoms. The highest BCUT2D eigenvalue weighted by molar-refractivity contribution is 5.92. The molecule has 2 nitrogen and oxygen atoms in total. The average molecular weight is 202 g/mol. The van der Waals surface area contributed by atoms with Gasteiger partial charge < -0.3 is 5.32 Å². The van der Waals surface area contributed by atoms with Gasteiger partial charge in [-0.25, -0.2) is 0 Å². The highest BCUT2D eigenvalue weighted by Gasteiger charge is 2.27. The Morgan fingerprint density at radius 3 is 2.60 bits per heavy atom. The number of aliphatic imine (C=N–C) groups is 1. The van der Waals surface area contributed by atoms with Gasteiger partial charge in [0.05, 0.1) is 5.69 Å². The Balaban J connectivity index is 2.25. The summed E-state index contributed by atoms with van der Waals surface area (Å²) in [4.78, 5) is 4.75. The van der Waals surface area contributed by atoms with Crippen LogP contribution in [0.5, 0.6) is 0 Å². The van der Waals surface area contributed by atoms with Crippen molar-refractivity contribution >= 4 is 11.4 Å². The van der Waals surface area contributed by atoms with E-state index in [9.17, 15) is 0 Å². The summed E-state index contributed by atoms with van der Waals surface area (Å²) < 4.78 is 0. The monoisotopic (exact) mass is 202 g/mol. The van der Waals surface area contributed by atoms with E-state index in [1.165, 1.54) is 5.71 Å². The van der Waals surface area contributed by atoms with Crippen LogP contribution in [0.3, 0.4) is 0 Å². The molecule has 0 saturated carbocycles. The minimum absolute atomic E-state index is 0.189. The Morgan fingerprint density at radius 2 is 1.93 bits per heavy atom. The Morgan fingerprint density at radius 1 is 1.20 bits per heavy atom. The molecule has 1 aliphatic rings. The molecule has 2 rings (SSSR count). The number of nitrogens with zero attached hydrogens (tertiary/aromatic N) is 1. The minimum Gasteiger partial charge on any atom is -0.315 e. The first kappa shape index (κ1) is 10.4. The van der Waals surface area contributed by atoms with Crippen LogP contribution in [0.15, 0.2) is 35.3 Å². The van der Waals surface area contributed by atoms with Crippen molar-refractivity contribution in [2.75, 3.05) is 13.1 Å². The van der Waals surface area contributed by atoms with Crippen molar-refractivity contribution in [1.82, 2.24) is 5.32 Å². The van der Waals surface area contributed by atoms with Crippen molar-refractivity contribution in [3.8, 4) is 0 Å². The molecular weight excluding hydrogens is 184 g/mol. The normalized spacial score (nSPS) is 22.9. The molecule has 0 unspecified atom stereocenters. The highest BCUT2D eigenvalue weighted by atomic mass is 14.9. The SMILES string of the molecule is CC1(C)CNCCC1=Nc1ccccc1. The fourth-order valence-electron chi connectivity index (χ4n) is 1.91. The third kappa shape index (κ3) is 2.45. The van der Waals surface area contributed by atoms with E-state index in [0.29, 0.717) is 0 Å². The van der Waals surface area contributed by atoms with Crippen LogP contribution in [0.1, 0.15) is 20.3 Å². The van der Waals surface area contributed by atoms with Crippen LogP contribution in [-0.2, 0) is 0 Å². The Bertz CT molecular complexity index is 352. The first-order chi connectivity index (χ1) is 7.18. The fourth-order valence-corrected chi connectivity index (χ4v) is 1.91. The van der Waals surface area contributed by atoms with Gasteiger partial charge in [-0.1, -0.05) is 32.0 Å². The number of para-hydroxylation sites is 1. The van der Waals surface area contributed by atoms with Gasteiger partial charge in [-0.15, -0.1) is 0 Å². The van der Waals surface area contributed by atoms with E-state index in [0.717, 1.165) is 25.2 Å². The average Bonchev–Trinajstić information content (AvgIpc) is 2.23. The van der Waals surface area contributed by atoms with Crippen molar-refractivity contribution in [1.29, 1.82) is 0 Å². The van der Waals surface area contributed by atoms with Crippen LogP contribution in [0.2, 0.25) is 0 Å². The second kappa shape index (κ2) is 4.15.